The van der Waals surface area contributed by atoms with E-state index >= 15 is 0 Å². The van der Waals surface area contributed by atoms with Crippen LogP contribution in [-0.4, -0.2) is 24.5 Å². The van der Waals surface area contributed by atoms with Crippen molar-refractivity contribution in [2.24, 2.45) is 0 Å². The summed E-state index contributed by atoms with van der Waals surface area (Å²) in [6.45, 7) is 3.11. The first-order chi connectivity index (χ1) is 10.6. The third-order valence-corrected chi connectivity index (χ3v) is 4.09. The second-order valence-corrected chi connectivity index (χ2v) is 6.00. The highest BCUT2D eigenvalue weighted by Gasteiger charge is 2.10. The van der Waals surface area contributed by atoms with Gasteiger partial charge in [0.1, 0.15) is 0 Å². The Morgan fingerprint density at radius 1 is 1.32 bits per heavy atom. The lowest BCUT2D eigenvalue weighted by molar-refractivity contribution is 0.102. The van der Waals surface area contributed by atoms with Gasteiger partial charge in [-0.3, -0.25) is 9.78 Å². The minimum absolute atomic E-state index is 0.162. The summed E-state index contributed by atoms with van der Waals surface area (Å²) < 4.78 is 0.854. The summed E-state index contributed by atoms with van der Waals surface area (Å²) in [5.41, 5.74) is 2.25. The van der Waals surface area contributed by atoms with E-state index in [2.05, 4.69) is 38.1 Å². The number of nitrogens with zero attached hydrogens (tertiary/aromatic N) is 2. The van der Waals surface area contributed by atoms with Crippen molar-refractivity contribution in [1.29, 1.82) is 0 Å². The number of carbonyl (C=O) groups is 1. The predicted molar refractivity (Wildman–Crippen MR) is 94.5 cm³/mol. The van der Waals surface area contributed by atoms with E-state index in [4.69, 9.17) is 0 Å². The number of aromatic nitrogens is 1. The first-order valence-electron chi connectivity index (χ1n) is 7.34. The number of anilines is 2. The van der Waals surface area contributed by atoms with E-state index in [0.717, 1.165) is 35.2 Å². The van der Waals surface area contributed by atoms with E-state index in [-0.39, 0.29) is 5.91 Å². The van der Waals surface area contributed by atoms with Gasteiger partial charge in [0.25, 0.3) is 5.91 Å². The summed E-state index contributed by atoms with van der Waals surface area (Å²) in [5.74, 6) is -0.162. The van der Waals surface area contributed by atoms with Crippen LogP contribution in [0.2, 0.25) is 0 Å². The van der Waals surface area contributed by atoms with Crippen molar-refractivity contribution in [3.63, 3.8) is 0 Å². The molecule has 0 saturated heterocycles. The smallest absolute Gasteiger partial charge is 0.257 e. The topological polar surface area (TPSA) is 45.2 Å². The van der Waals surface area contributed by atoms with Crippen LogP contribution in [0.15, 0.2) is 47.2 Å². The molecule has 2 aromatic rings. The van der Waals surface area contributed by atoms with Gasteiger partial charge in [0.2, 0.25) is 0 Å². The summed E-state index contributed by atoms with van der Waals surface area (Å²) in [6, 6.07) is 9.41. The molecule has 1 N–H and O–H groups in total. The van der Waals surface area contributed by atoms with Gasteiger partial charge in [-0.2, -0.15) is 0 Å². The van der Waals surface area contributed by atoms with E-state index < -0.39 is 0 Å². The molecule has 0 unspecified atom stereocenters. The van der Waals surface area contributed by atoms with Crippen molar-refractivity contribution in [2.75, 3.05) is 23.8 Å². The van der Waals surface area contributed by atoms with Crippen molar-refractivity contribution in [3.05, 3.63) is 52.8 Å². The van der Waals surface area contributed by atoms with E-state index in [1.54, 1.807) is 12.4 Å². The number of halogens is 1. The third kappa shape index (κ3) is 4.31. The molecule has 4 nitrogen and oxygen atoms in total. The zero-order valence-corrected chi connectivity index (χ0v) is 14.4. The van der Waals surface area contributed by atoms with Crippen molar-refractivity contribution in [2.45, 2.75) is 19.8 Å². The molecule has 2 rings (SSSR count). The summed E-state index contributed by atoms with van der Waals surface area (Å²) >= 11 is 3.42. The molecule has 0 aliphatic carbocycles. The van der Waals surface area contributed by atoms with E-state index in [0.29, 0.717) is 5.56 Å². The SMILES string of the molecule is CCCCN(C)c1cncc(C(=O)Nc2ccccc2Br)c1. The van der Waals surface area contributed by atoms with E-state index in [1.807, 2.05) is 37.4 Å². The van der Waals surface area contributed by atoms with Crippen LogP contribution in [0.5, 0.6) is 0 Å². The van der Waals surface area contributed by atoms with Crippen molar-refractivity contribution >= 4 is 33.2 Å². The monoisotopic (exact) mass is 361 g/mol. The number of hydrogen-bond donors (Lipinski definition) is 1. The Hall–Kier alpha value is -1.88. The second-order valence-electron chi connectivity index (χ2n) is 5.14. The number of para-hydroxylation sites is 1. The first kappa shape index (κ1) is 16.5. The fourth-order valence-electron chi connectivity index (χ4n) is 2.04. The lowest BCUT2D eigenvalue weighted by Crippen LogP contribution is -2.20. The minimum atomic E-state index is -0.162. The van der Waals surface area contributed by atoms with Crippen LogP contribution in [0.3, 0.4) is 0 Å². The highest BCUT2D eigenvalue weighted by atomic mass is 79.9. The third-order valence-electron chi connectivity index (χ3n) is 3.40. The number of carbonyl (C=O) groups excluding carboxylic acids is 1. The molecule has 0 spiro atoms. The highest BCUT2D eigenvalue weighted by molar-refractivity contribution is 9.10. The number of pyridine rings is 1. The molecule has 0 atom stereocenters. The Bertz CT molecular complexity index is 645. The highest BCUT2D eigenvalue weighted by Crippen LogP contribution is 2.22. The van der Waals surface area contributed by atoms with Crippen LogP contribution in [0.4, 0.5) is 11.4 Å². The lowest BCUT2D eigenvalue weighted by Gasteiger charge is -2.19. The quantitative estimate of drug-likeness (QED) is 0.832. The number of unbranched alkanes of at least 4 members (excludes halogenated alkanes) is 1. The molecular weight excluding hydrogens is 342 g/mol. The van der Waals surface area contributed by atoms with Crippen LogP contribution in [0.25, 0.3) is 0 Å². The molecule has 0 aliphatic heterocycles. The molecule has 1 aromatic carbocycles. The molecular formula is C17H20BrN3O. The summed E-state index contributed by atoms with van der Waals surface area (Å²) in [4.78, 5) is 18.7. The summed E-state index contributed by atoms with van der Waals surface area (Å²) in [7, 11) is 2.02. The standard InChI is InChI=1S/C17H20BrN3O/c1-3-4-9-21(2)14-10-13(11-19-12-14)17(22)20-16-8-6-5-7-15(16)18/h5-8,10-12H,3-4,9H2,1-2H3,(H,20,22). The van der Waals surface area contributed by atoms with E-state index in [1.165, 1.54) is 0 Å². The fraction of sp³-hybridized carbons (Fsp3) is 0.294. The fourth-order valence-corrected chi connectivity index (χ4v) is 2.43. The number of rotatable bonds is 6. The van der Waals surface area contributed by atoms with Crippen molar-refractivity contribution < 1.29 is 4.79 Å². The molecule has 0 saturated carbocycles. The van der Waals surface area contributed by atoms with Crippen molar-refractivity contribution in [1.82, 2.24) is 4.98 Å². The normalized spacial score (nSPS) is 10.3. The lowest BCUT2D eigenvalue weighted by atomic mass is 10.2. The van der Waals surface area contributed by atoms with Gasteiger partial charge in [-0.1, -0.05) is 25.5 Å². The Morgan fingerprint density at radius 2 is 2.09 bits per heavy atom. The van der Waals surface area contributed by atoms with Gasteiger partial charge < -0.3 is 10.2 Å². The molecule has 5 heteroatoms. The molecule has 0 fully saturated rings. The summed E-state index contributed by atoms with van der Waals surface area (Å²) in [6.07, 6.45) is 5.62. The Balaban J connectivity index is 2.12. The largest absolute Gasteiger partial charge is 0.373 e. The minimum Gasteiger partial charge on any atom is -0.373 e. The van der Waals surface area contributed by atoms with E-state index in [9.17, 15) is 4.79 Å². The zero-order valence-electron chi connectivity index (χ0n) is 12.8. The first-order valence-corrected chi connectivity index (χ1v) is 8.13. The zero-order chi connectivity index (χ0) is 15.9. The average Bonchev–Trinajstić information content (AvgIpc) is 2.54. The Kier molecular flexibility index (Phi) is 5.95. The van der Waals surface area contributed by atoms with Gasteiger partial charge in [-0.25, -0.2) is 0 Å². The average molecular weight is 362 g/mol. The number of benzene rings is 1. The number of hydrogen-bond acceptors (Lipinski definition) is 3. The maximum atomic E-state index is 12.4. The molecule has 1 amide bonds. The molecule has 1 aromatic heterocycles. The van der Waals surface area contributed by atoms with Crippen LogP contribution in [0, 0.1) is 0 Å². The molecule has 0 radical (unpaired) electrons. The molecule has 22 heavy (non-hydrogen) atoms. The van der Waals surface area contributed by atoms with Crippen LogP contribution in [-0.2, 0) is 0 Å². The van der Waals surface area contributed by atoms with Gasteiger partial charge in [0.15, 0.2) is 0 Å². The maximum absolute atomic E-state index is 12.4. The van der Waals surface area contributed by atoms with Crippen LogP contribution < -0.4 is 10.2 Å². The van der Waals surface area contributed by atoms with Gasteiger partial charge in [0, 0.05) is 24.3 Å². The Labute approximate surface area is 139 Å². The van der Waals surface area contributed by atoms with Gasteiger partial charge >= 0.3 is 0 Å². The van der Waals surface area contributed by atoms with Gasteiger partial charge in [0.05, 0.1) is 23.1 Å². The number of amides is 1. The summed E-state index contributed by atoms with van der Waals surface area (Å²) in [5, 5.41) is 2.89. The van der Waals surface area contributed by atoms with Crippen LogP contribution in [0.1, 0.15) is 30.1 Å². The van der Waals surface area contributed by atoms with Gasteiger partial charge in [-0.05, 0) is 40.5 Å². The molecule has 116 valence electrons. The Morgan fingerprint density at radius 3 is 2.82 bits per heavy atom. The second kappa shape index (κ2) is 7.94. The molecule has 0 aliphatic rings. The number of nitrogens with one attached hydrogen (secondary N) is 1. The molecule has 1 heterocycles. The molecule has 0 bridgehead atoms. The van der Waals surface area contributed by atoms with Crippen LogP contribution >= 0.6 is 15.9 Å². The predicted octanol–water partition coefficient (Wildman–Crippen LogP) is 4.33. The van der Waals surface area contributed by atoms with Crippen molar-refractivity contribution in [3.8, 4) is 0 Å². The van der Waals surface area contributed by atoms with Gasteiger partial charge in [-0.15, -0.1) is 0 Å². The maximum Gasteiger partial charge on any atom is 0.257 e.